The Morgan fingerprint density at radius 1 is 1.43 bits per heavy atom. The second-order valence-corrected chi connectivity index (χ2v) is 4.53. The van der Waals surface area contributed by atoms with Crippen molar-refractivity contribution in [1.29, 1.82) is 0 Å². The van der Waals surface area contributed by atoms with Gasteiger partial charge in [0.05, 0.1) is 6.26 Å². The van der Waals surface area contributed by atoms with Gasteiger partial charge in [-0.05, 0) is 24.1 Å². The summed E-state index contributed by atoms with van der Waals surface area (Å²) in [5, 5.41) is 0. The van der Waals surface area contributed by atoms with Crippen LogP contribution in [0.25, 0.3) is 0 Å². The molecule has 0 spiro atoms. The van der Waals surface area contributed by atoms with Crippen LogP contribution in [-0.4, -0.2) is 19.2 Å². The van der Waals surface area contributed by atoms with E-state index in [4.69, 9.17) is 9.29 Å². The van der Waals surface area contributed by atoms with Gasteiger partial charge >= 0.3 is 0 Å². The predicted octanol–water partition coefficient (Wildman–Crippen LogP) is 1.39. The summed E-state index contributed by atoms with van der Waals surface area (Å²) in [6.07, 6.45) is 0.715. The van der Waals surface area contributed by atoms with E-state index in [0.717, 1.165) is 12.4 Å². The van der Waals surface area contributed by atoms with Gasteiger partial charge in [0.25, 0.3) is 10.1 Å². The maximum absolute atomic E-state index is 9.19. The second kappa shape index (κ2) is 3.98. The fourth-order valence-electron chi connectivity index (χ4n) is 1.13. The zero-order valence-corrected chi connectivity index (χ0v) is 8.84. The van der Waals surface area contributed by atoms with Crippen LogP contribution in [-0.2, 0) is 16.7 Å². The van der Waals surface area contributed by atoms with Gasteiger partial charge in [0, 0.05) is 0 Å². The van der Waals surface area contributed by atoms with Crippen molar-refractivity contribution < 1.29 is 17.7 Å². The fraction of sp³-hybridized carbons (Fsp3) is 0.333. The summed E-state index contributed by atoms with van der Waals surface area (Å²) in [5.41, 5.74) is 2.63. The van der Waals surface area contributed by atoms with E-state index in [0.29, 0.717) is 6.26 Å². The molecular weight excluding hydrogens is 204 g/mol. The van der Waals surface area contributed by atoms with Crippen LogP contribution in [0.3, 0.4) is 0 Å². The Balaban J connectivity index is 0.000000171. The number of hydrogen-bond acceptors (Lipinski definition) is 3. The standard InChI is InChI=1S/C8H8O.CH4O3S/c1-6-7-3-2-4-8(6)9-5-7;1-5(2,3)4/h2-4H,5H2,1H3;1H3,(H,2,3,4). The maximum atomic E-state index is 9.19. The SMILES string of the molecule is CS(=O)(=O)O.Cc1c2cccc1OC2. The first-order valence-electron chi connectivity index (χ1n) is 4.01. The van der Waals surface area contributed by atoms with Crippen LogP contribution in [0.2, 0.25) is 0 Å². The maximum Gasteiger partial charge on any atom is 0.261 e. The number of fused-ring (bicyclic) bond motifs is 2. The summed E-state index contributed by atoms with van der Waals surface area (Å²) in [6.45, 7) is 2.87. The van der Waals surface area contributed by atoms with E-state index in [1.807, 2.05) is 12.1 Å². The van der Waals surface area contributed by atoms with Crippen molar-refractivity contribution in [2.75, 3.05) is 6.26 Å². The Kier molecular flexibility index (Phi) is 3.13. The van der Waals surface area contributed by atoms with Crippen molar-refractivity contribution >= 4 is 10.1 Å². The van der Waals surface area contributed by atoms with E-state index < -0.39 is 10.1 Å². The molecule has 2 rings (SSSR count). The summed E-state index contributed by atoms with van der Waals surface area (Å²) in [4.78, 5) is 0. The van der Waals surface area contributed by atoms with Crippen molar-refractivity contribution in [2.24, 2.45) is 0 Å². The first-order valence-corrected chi connectivity index (χ1v) is 5.86. The minimum Gasteiger partial charge on any atom is -0.489 e. The molecule has 1 aromatic rings. The molecule has 0 fully saturated rings. The molecule has 0 amide bonds. The van der Waals surface area contributed by atoms with E-state index in [-0.39, 0.29) is 0 Å². The third-order valence-electron chi connectivity index (χ3n) is 1.78. The number of rotatable bonds is 0. The highest BCUT2D eigenvalue weighted by atomic mass is 32.2. The highest BCUT2D eigenvalue weighted by Gasteiger charge is 2.11. The Morgan fingerprint density at radius 3 is 2.43 bits per heavy atom. The molecule has 1 aliphatic heterocycles. The average molecular weight is 216 g/mol. The first-order chi connectivity index (χ1) is 6.38. The topological polar surface area (TPSA) is 63.6 Å². The summed E-state index contributed by atoms with van der Waals surface area (Å²) >= 11 is 0. The molecule has 14 heavy (non-hydrogen) atoms. The zero-order chi connectivity index (χ0) is 10.8. The molecule has 0 saturated carbocycles. The van der Waals surface area contributed by atoms with Crippen molar-refractivity contribution in [3.8, 4) is 5.75 Å². The van der Waals surface area contributed by atoms with Gasteiger partial charge < -0.3 is 4.74 Å². The van der Waals surface area contributed by atoms with E-state index in [1.54, 1.807) is 0 Å². The Labute approximate surface area is 83.3 Å². The second-order valence-electron chi connectivity index (χ2n) is 3.06. The molecule has 0 unspecified atom stereocenters. The third-order valence-corrected chi connectivity index (χ3v) is 1.78. The predicted molar refractivity (Wildman–Crippen MR) is 53.0 cm³/mol. The normalized spacial score (nSPS) is 12.8. The zero-order valence-electron chi connectivity index (χ0n) is 8.02. The molecule has 1 N–H and O–H groups in total. The molecule has 0 radical (unpaired) electrons. The molecule has 4 nitrogen and oxygen atoms in total. The van der Waals surface area contributed by atoms with Gasteiger partial charge in [0.15, 0.2) is 0 Å². The van der Waals surface area contributed by atoms with Gasteiger partial charge in [0.1, 0.15) is 12.4 Å². The summed E-state index contributed by atoms with van der Waals surface area (Å²) in [7, 11) is -3.67. The highest BCUT2D eigenvalue weighted by Crippen LogP contribution is 2.28. The van der Waals surface area contributed by atoms with Gasteiger partial charge in [-0.1, -0.05) is 12.1 Å². The van der Waals surface area contributed by atoms with Crippen LogP contribution in [0.15, 0.2) is 18.2 Å². The number of benzene rings is 1. The van der Waals surface area contributed by atoms with Gasteiger partial charge in [-0.15, -0.1) is 0 Å². The molecule has 0 aromatic heterocycles. The average Bonchev–Trinajstić information content (AvgIpc) is 2.30. The molecule has 1 aliphatic rings. The van der Waals surface area contributed by atoms with Crippen LogP contribution in [0.4, 0.5) is 0 Å². The molecule has 5 heteroatoms. The lowest BCUT2D eigenvalue weighted by molar-refractivity contribution is 0.327. The summed E-state index contributed by atoms with van der Waals surface area (Å²) in [5.74, 6) is 1.05. The fourth-order valence-corrected chi connectivity index (χ4v) is 1.13. The van der Waals surface area contributed by atoms with Crippen LogP contribution < -0.4 is 4.74 Å². The van der Waals surface area contributed by atoms with Crippen molar-refractivity contribution in [3.63, 3.8) is 0 Å². The van der Waals surface area contributed by atoms with Crippen LogP contribution >= 0.6 is 0 Å². The molecule has 1 heterocycles. The quantitative estimate of drug-likeness (QED) is 0.666. The van der Waals surface area contributed by atoms with Crippen molar-refractivity contribution in [1.82, 2.24) is 0 Å². The van der Waals surface area contributed by atoms with Crippen molar-refractivity contribution in [3.05, 3.63) is 29.3 Å². The molecular formula is C9H12O4S. The Morgan fingerprint density at radius 2 is 2.00 bits per heavy atom. The Hall–Kier alpha value is -1.07. The van der Waals surface area contributed by atoms with E-state index in [9.17, 15) is 8.42 Å². The lowest BCUT2D eigenvalue weighted by Gasteiger charge is -1.91. The largest absolute Gasteiger partial charge is 0.489 e. The van der Waals surface area contributed by atoms with E-state index in [2.05, 4.69) is 13.0 Å². The third kappa shape index (κ3) is 3.35. The molecule has 1 aromatic carbocycles. The monoisotopic (exact) mass is 216 g/mol. The number of ether oxygens (including phenoxy) is 1. The van der Waals surface area contributed by atoms with Gasteiger partial charge in [0.2, 0.25) is 0 Å². The van der Waals surface area contributed by atoms with Gasteiger partial charge in [-0.2, -0.15) is 8.42 Å². The highest BCUT2D eigenvalue weighted by molar-refractivity contribution is 7.85. The van der Waals surface area contributed by atoms with Crippen LogP contribution in [0, 0.1) is 6.92 Å². The molecule has 2 bridgehead atoms. The minimum atomic E-state index is -3.67. The lowest BCUT2D eigenvalue weighted by atomic mass is 10.1. The Bertz CT molecular complexity index is 392. The molecule has 0 saturated heterocycles. The molecule has 0 atom stereocenters. The first kappa shape index (κ1) is 11.0. The van der Waals surface area contributed by atoms with Crippen molar-refractivity contribution in [2.45, 2.75) is 13.5 Å². The molecule has 78 valence electrons. The number of hydrogen-bond donors (Lipinski definition) is 1. The summed E-state index contributed by atoms with van der Waals surface area (Å²) in [6, 6.07) is 6.14. The van der Waals surface area contributed by atoms with E-state index >= 15 is 0 Å². The van der Waals surface area contributed by atoms with Crippen LogP contribution in [0.5, 0.6) is 5.75 Å². The minimum absolute atomic E-state index is 0.715. The van der Waals surface area contributed by atoms with E-state index in [1.165, 1.54) is 11.1 Å². The summed E-state index contributed by atoms with van der Waals surface area (Å²) < 4.78 is 31.2. The molecule has 0 aliphatic carbocycles. The smallest absolute Gasteiger partial charge is 0.261 e. The lowest BCUT2D eigenvalue weighted by Crippen LogP contribution is -1.88. The van der Waals surface area contributed by atoms with Gasteiger partial charge in [-0.3, -0.25) is 4.55 Å². The van der Waals surface area contributed by atoms with Gasteiger partial charge in [-0.25, -0.2) is 0 Å². The van der Waals surface area contributed by atoms with Crippen LogP contribution in [0.1, 0.15) is 11.1 Å².